The third-order valence-corrected chi connectivity index (χ3v) is 4.57. The van der Waals surface area contributed by atoms with Gasteiger partial charge in [0.25, 0.3) is 0 Å². The van der Waals surface area contributed by atoms with Crippen LogP contribution in [0.1, 0.15) is 5.56 Å². The maximum Gasteiger partial charge on any atom is 0.179 e. The van der Waals surface area contributed by atoms with Crippen molar-refractivity contribution < 1.29 is 0 Å². The van der Waals surface area contributed by atoms with Crippen molar-refractivity contribution in [3.8, 4) is 6.07 Å². The van der Waals surface area contributed by atoms with Gasteiger partial charge in [-0.05, 0) is 38.4 Å². The monoisotopic (exact) mass is 331 g/mol. The second kappa shape index (κ2) is 5.06. The van der Waals surface area contributed by atoms with Crippen LogP contribution >= 0.6 is 48.4 Å². The molecule has 1 heterocycles. The Bertz CT molecular complexity index is 626. The van der Waals surface area contributed by atoms with Crippen molar-refractivity contribution in [1.29, 1.82) is 5.26 Å². The zero-order valence-electron chi connectivity index (χ0n) is 7.65. The molecule has 0 aliphatic carbocycles. The summed E-state index contributed by atoms with van der Waals surface area (Å²) in [6.07, 6.45) is 0. The molecule has 2 aromatic rings. The first kappa shape index (κ1) is 11.7. The summed E-state index contributed by atoms with van der Waals surface area (Å²) in [6.45, 7) is 0. The molecule has 2 rings (SSSR count). The van der Waals surface area contributed by atoms with Crippen molar-refractivity contribution >= 4 is 54.1 Å². The van der Waals surface area contributed by atoms with Crippen molar-refractivity contribution in [3.05, 3.63) is 38.1 Å². The van der Waals surface area contributed by atoms with Gasteiger partial charge in [-0.3, -0.25) is 0 Å². The van der Waals surface area contributed by atoms with Crippen LogP contribution in [0.25, 0.3) is 0 Å². The van der Waals surface area contributed by atoms with Gasteiger partial charge in [0.15, 0.2) is 9.82 Å². The van der Waals surface area contributed by atoms with Gasteiger partial charge < -0.3 is 0 Å². The molecule has 0 N–H and O–H groups in total. The molecule has 1 aromatic heterocycles. The fourth-order valence-corrected chi connectivity index (χ4v) is 3.48. The van der Waals surface area contributed by atoms with Gasteiger partial charge in [0.1, 0.15) is 6.07 Å². The van der Waals surface area contributed by atoms with Crippen LogP contribution in [0.15, 0.2) is 27.7 Å². The number of rotatable bonds is 1. The van der Waals surface area contributed by atoms with Crippen LogP contribution in [0.4, 0.5) is 5.69 Å². The van der Waals surface area contributed by atoms with E-state index in [9.17, 15) is 0 Å². The van der Waals surface area contributed by atoms with E-state index in [-0.39, 0.29) is 0 Å². The standard InChI is InChI=1S/C9H3BrClN3S2/c10-6-2-1-3-7(5(6)4-12)13-9-8(11)14-16-15-9/h1-3H. The highest BCUT2D eigenvalue weighted by Gasteiger charge is 2.05. The van der Waals surface area contributed by atoms with E-state index in [1.54, 1.807) is 12.1 Å². The van der Waals surface area contributed by atoms with Crippen LogP contribution < -0.4 is 4.67 Å². The zero-order chi connectivity index (χ0) is 11.5. The van der Waals surface area contributed by atoms with Crippen molar-refractivity contribution in [3.63, 3.8) is 0 Å². The van der Waals surface area contributed by atoms with E-state index in [1.165, 1.54) is 20.9 Å². The minimum atomic E-state index is 0.374. The third-order valence-electron chi connectivity index (χ3n) is 1.74. The normalized spacial score (nSPS) is 11.4. The molecule has 16 heavy (non-hydrogen) atoms. The highest BCUT2D eigenvalue weighted by atomic mass is 79.9. The minimum absolute atomic E-state index is 0.374. The zero-order valence-corrected chi connectivity index (χ0v) is 11.6. The number of halogens is 2. The number of hydrogen-bond donors (Lipinski definition) is 0. The molecule has 0 spiro atoms. The molecule has 0 fully saturated rings. The molecular formula is C9H3BrClN3S2. The fraction of sp³-hybridized carbons (Fsp3) is 0. The van der Waals surface area contributed by atoms with Crippen LogP contribution in [0.3, 0.4) is 0 Å². The SMILES string of the molecule is N#Cc1c(Br)cccc1N=c1ssnc1Cl. The Morgan fingerprint density at radius 1 is 1.50 bits per heavy atom. The molecule has 0 saturated heterocycles. The predicted molar refractivity (Wildman–Crippen MR) is 69.1 cm³/mol. The first-order valence-corrected chi connectivity index (χ1v) is 7.35. The Morgan fingerprint density at radius 2 is 2.31 bits per heavy atom. The third kappa shape index (κ3) is 2.33. The summed E-state index contributed by atoms with van der Waals surface area (Å²) >= 11 is 9.15. The summed E-state index contributed by atoms with van der Waals surface area (Å²) in [5.41, 5.74) is 1.09. The average molecular weight is 333 g/mol. The van der Waals surface area contributed by atoms with Gasteiger partial charge in [-0.2, -0.15) is 9.64 Å². The van der Waals surface area contributed by atoms with E-state index in [1.807, 2.05) is 6.07 Å². The summed E-state index contributed by atoms with van der Waals surface area (Å²) in [6, 6.07) is 7.49. The second-order valence-electron chi connectivity index (χ2n) is 2.70. The number of nitriles is 1. The van der Waals surface area contributed by atoms with E-state index in [4.69, 9.17) is 16.9 Å². The smallest absolute Gasteiger partial charge is 0.179 e. The molecule has 1 aromatic carbocycles. The Kier molecular flexibility index (Phi) is 3.71. The van der Waals surface area contributed by atoms with Gasteiger partial charge in [0.2, 0.25) is 0 Å². The van der Waals surface area contributed by atoms with Gasteiger partial charge in [0, 0.05) is 15.0 Å². The number of nitrogens with zero attached hydrogens (tertiary/aromatic N) is 3. The van der Waals surface area contributed by atoms with Gasteiger partial charge in [0.05, 0.1) is 11.3 Å². The number of hydrogen-bond acceptors (Lipinski definition) is 5. The topological polar surface area (TPSA) is 49.0 Å². The number of benzene rings is 1. The van der Waals surface area contributed by atoms with E-state index in [0.29, 0.717) is 21.1 Å². The van der Waals surface area contributed by atoms with E-state index < -0.39 is 0 Å². The van der Waals surface area contributed by atoms with Crippen molar-refractivity contribution in [1.82, 2.24) is 4.37 Å². The molecule has 0 radical (unpaired) electrons. The maximum atomic E-state index is 9.01. The Morgan fingerprint density at radius 3 is 2.94 bits per heavy atom. The molecule has 3 nitrogen and oxygen atoms in total. The summed E-state index contributed by atoms with van der Waals surface area (Å²) in [5, 5.41) is 9.39. The molecule has 0 aliphatic heterocycles. The molecule has 0 aliphatic rings. The van der Waals surface area contributed by atoms with Crippen LogP contribution in [0.2, 0.25) is 5.15 Å². The molecule has 80 valence electrons. The molecular weight excluding hydrogens is 330 g/mol. The van der Waals surface area contributed by atoms with Crippen LogP contribution in [-0.4, -0.2) is 4.37 Å². The lowest BCUT2D eigenvalue weighted by Crippen LogP contribution is -1.93. The van der Waals surface area contributed by atoms with E-state index in [0.717, 1.165) is 4.47 Å². The first-order chi connectivity index (χ1) is 7.72. The summed E-state index contributed by atoms with van der Waals surface area (Å²) in [4.78, 5) is 4.31. The first-order valence-electron chi connectivity index (χ1n) is 4.07. The summed E-state index contributed by atoms with van der Waals surface area (Å²) in [7, 11) is 2.65. The van der Waals surface area contributed by atoms with Crippen molar-refractivity contribution in [2.24, 2.45) is 4.99 Å². The Balaban J connectivity index is 2.64. The summed E-state index contributed by atoms with van der Waals surface area (Å²) < 4.78 is 5.28. The number of aromatic nitrogens is 1. The molecule has 0 saturated carbocycles. The van der Waals surface area contributed by atoms with Gasteiger partial charge in [-0.15, -0.1) is 0 Å². The van der Waals surface area contributed by atoms with Crippen molar-refractivity contribution in [2.45, 2.75) is 0 Å². The molecule has 0 unspecified atom stereocenters. The predicted octanol–water partition coefficient (Wildman–Crippen LogP) is 3.72. The van der Waals surface area contributed by atoms with Gasteiger partial charge >= 0.3 is 0 Å². The fourth-order valence-electron chi connectivity index (χ4n) is 1.05. The van der Waals surface area contributed by atoms with Gasteiger partial charge in [-0.1, -0.05) is 17.7 Å². The van der Waals surface area contributed by atoms with Crippen LogP contribution in [-0.2, 0) is 0 Å². The highest BCUT2D eigenvalue weighted by molar-refractivity contribution is 9.10. The van der Waals surface area contributed by atoms with Crippen LogP contribution in [0.5, 0.6) is 0 Å². The summed E-state index contributed by atoms with van der Waals surface area (Å²) in [5.74, 6) is 0. The quantitative estimate of drug-likeness (QED) is 0.747. The highest BCUT2D eigenvalue weighted by Crippen LogP contribution is 2.26. The molecule has 7 heteroatoms. The lowest BCUT2D eigenvalue weighted by atomic mass is 10.2. The second-order valence-corrected chi connectivity index (χ2v) is 5.75. The largest absolute Gasteiger partial charge is 0.233 e. The van der Waals surface area contributed by atoms with Gasteiger partial charge in [-0.25, -0.2) is 4.99 Å². The lowest BCUT2D eigenvalue weighted by molar-refractivity contribution is 1.34. The van der Waals surface area contributed by atoms with Crippen molar-refractivity contribution in [2.75, 3.05) is 0 Å². The molecule has 0 bridgehead atoms. The van der Waals surface area contributed by atoms with Crippen LogP contribution in [0, 0.1) is 11.3 Å². The maximum absolute atomic E-state index is 9.01. The Labute approximate surface area is 112 Å². The van der Waals surface area contributed by atoms with E-state index >= 15 is 0 Å². The minimum Gasteiger partial charge on any atom is -0.233 e. The lowest BCUT2D eigenvalue weighted by Gasteiger charge is -1.98. The average Bonchev–Trinajstić information content (AvgIpc) is 2.65. The molecule has 0 amide bonds. The Hall–Kier alpha value is -0.740. The molecule has 0 atom stereocenters. The van der Waals surface area contributed by atoms with E-state index in [2.05, 4.69) is 31.4 Å².